The number of hydrogen-bond acceptors (Lipinski definition) is 3. The molecule has 4 heteroatoms. The van der Waals surface area contributed by atoms with Gasteiger partial charge in [0, 0.05) is 26.7 Å². The van der Waals surface area contributed by atoms with E-state index in [0.717, 1.165) is 32.6 Å². The molecule has 2 N–H and O–H groups in total. The van der Waals surface area contributed by atoms with Crippen molar-refractivity contribution in [3.63, 3.8) is 0 Å². The molecule has 94 valence electrons. The van der Waals surface area contributed by atoms with Gasteiger partial charge in [0.05, 0.1) is 0 Å². The average molecular weight is 227 g/mol. The van der Waals surface area contributed by atoms with Crippen molar-refractivity contribution >= 4 is 5.91 Å². The van der Waals surface area contributed by atoms with Gasteiger partial charge in [-0.1, -0.05) is 20.8 Å². The predicted molar refractivity (Wildman–Crippen MR) is 66.4 cm³/mol. The summed E-state index contributed by atoms with van der Waals surface area (Å²) in [6, 6.07) is 0.00102. The molecule has 1 amide bonds. The number of carbonyl (C=O) groups is 1. The summed E-state index contributed by atoms with van der Waals surface area (Å²) in [5.74, 6) is 0.126. The van der Waals surface area contributed by atoms with Gasteiger partial charge in [-0.25, -0.2) is 0 Å². The topological polar surface area (TPSA) is 44.4 Å². The van der Waals surface area contributed by atoms with Crippen molar-refractivity contribution in [1.82, 2.24) is 15.5 Å². The standard InChI is InChI=1S/C12H25N3O/c1-12(2,3)5-7-15-8-6-14-9-10(15)11(16)13-4/h10,14H,5-9H2,1-4H3,(H,13,16). The van der Waals surface area contributed by atoms with Crippen LogP contribution in [0.2, 0.25) is 0 Å². The molecule has 1 atom stereocenters. The van der Waals surface area contributed by atoms with Gasteiger partial charge < -0.3 is 10.6 Å². The summed E-state index contributed by atoms with van der Waals surface area (Å²) in [6.45, 7) is 10.4. The molecule has 1 unspecified atom stereocenters. The molecule has 1 fully saturated rings. The number of likely N-dealkylation sites (N-methyl/N-ethyl adjacent to an activating group) is 1. The number of carbonyl (C=O) groups excluding carboxylic acids is 1. The third kappa shape index (κ3) is 4.10. The summed E-state index contributed by atoms with van der Waals surface area (Å²) in [5, 5.41) is 6.02. The van der Waals surface area contributed by atoms with Gasteiger partial charge in [-0.3, -0.25) is 9.69 Å². The van der Waals surface area contributed by atoms with Crippen LogP contribution >= 0.6 is 0 Å². The van der Waals surface area contributed by atoms with Crippen molar-refractivity contribution in [1.29, 1.82) is 0 Å². The number of rotatable bonds is 3. The zero-order valence-electron chi connectivity index (χ0n) is 11.0. The first-order valence-electron chi connectivity index (χ1n) is 6.10. The lowest BCUT2D eigenvalue weighted by Crippen LogP contribution is -2.57. The molecule has 0 spiro atoms. The van der Waals surface area contributed by atoms with Gasteiger partial charge >= 0.3 is 0 Å². The fourth-order valence-electron chi connectivity index (χ4n) is 1.92. The Morgan fingerprint density at radius 1 is 1.50 bits per heavy atom. The van der Waals surface area contributed by atoms with E-state index in [4.69, 9.17) is 0 Å². The summed E-state index contributed by atoms with van der Waals surface area (Å²) in [6.07, 6.45) is 1.13. The van der Waals surface area contributed by atoms with E-state index in [1.807, 2.05) is 0 Å². The van der Waals surface area contributed by atoms with Crippen molar-refractivity contribution in [2.45, 2.75) is 33.2 Å². The first-order valence-corrected chi connectivity index (χ1v) is 6.10. The molecule has 4 nitrogen and oxygen atoms in total. The van der Waals surface area contributed by atoms with Crippen molar-refractivity contribution in [2.75, 3.05) is 33.2 Å². The van der Waals surface area contributed by atoms with Crippen LogP contribution in [0.4, 0.5) is 0 Å². The quantitative estimate of drug-likeness (QED) is 0.735. The van der Waals surface area contributed by atoms with Gasteiger partial charge in [0.2, 0.25) is 5.91 Å². The molecule has 1 heterocycles. The second kappa shape index (κ2) is 5.64. The molecular weight excluding hydrogens is 202 g/mol. The second-order valence-electron chi connectivity index (χ2n) is 5.68. The van der Waals surface area contributed by atoms with Crippen LogP contribution in [0.15, 0.2) is 0 Å². The molecule has 0 aromatic carbocycles. The van der Waals surface area contributed by atoms with E-state index in [1.54, 1.807) is 7.05 Å². The van der Waals surface area contributed by atoms with E-state index < -0.39 is 0 Å². The highest BCUT2D eigenvalue weighted by molar-refractivity contribution is 5.81. The number of amides is 1. The number of piperazine rings is 1. The lowest BCUT2D eigenvalue weighted by atomic mass is 9.91. The number of nitrogens with zero attached hydrogens (tertiary/aromatic N) is 1. The maximum Gasteiger partial charge on any atom is 0.238 e. The molecule has 1 rings (SSSR count). The monoisotopic (exact) mass is 227 g/mol. The van der Waals surface area contributed by atoms with E-state index in [0.29, 0.717) is 5.41 Å². The van der Waals surface area contributed by atoms with E-state index in [1.165, 1.54) is 0 Å². The van der Waals surface area contributed by atoms with Crippen LogP contribution in [-0.4, -0.2) is 50.1 Å². The van der Waals surface area contributed by atoms with Gasteiger partial charge in [0.1, 0.15) is 6.04 Å². The maximum atomic E-state index is 11.7. The normalized spacial score (nSPS) is 23.1. The van der Waals surface area contributed by atoms with Crippen LogP contribution in [0.1, 0.15) is 27.2 Å². The van der Waals surface area contributed by atoms with Gasteiger partial charge in [-0.05, 0) is 18.4 Å². The van der Waals surface area contributed by atoms with E-state index in [9.17, 15) is 4.79 Å². The van der Waals surface area contributed by atoms with Crippen LogP contribution in [-0.2, 0) is 4.79 Å². The molecule has 1 saturated heterocycles. The molecule has 0 aliphatic carbocycles. The maximum absolute atomic E-state index is 11.7. The molecular formula is C12H25N3O. The van der Waals surface area contributed by atoms with Gasteiger partial charge in [-0.15, -0.1) is 0 Å². The van der Waals surface area contributed by atoms with Crippen molar-refractivity contribution < 1.29 is 4.79 Å². The Morgan fingerprint density at radius 2 is 2.19 bits per heavy atom. The molecule has 1 aliphatic rings. The van der Waals surface area contributed by atoms with Crippen LogP contribution in [0.5, 0.6) is 0 Å². The summed E-state index contributed by atoms with van der Waals surface area (Å²) in [4.78, 5) is 14.0. The van der Waals surface area contributed by atoms with Gasteiger partial charge in [-0.2, -0.15) is 0 Å². The van der Waals surface area contributed by atoms with Crippen LogP contribution in [0.25, 0.3) is 0 Å². The SMILES string of the molecule is CNC(=O)C1CNCCN1CCC(C)(C)C. The Labute approximate surface area is 98.8 Å². The van der Waals surface area contributed by atoms with Crippen LogP contribution in [0, 0.1) is 5.41 Å². The minimum Gasteiger partial charge on any atom is -0.358 e. The largest absolute Gasteiger partial charge is 0.358 e. The molecule has 0 aromatic rings. The third-order valence-corrected chi connectivity index (χ3v) is 3.05. The lowest BCUT2D eigenvalue weighted by molar-refractivity contribution is -0.126. The summed E-state index contributed by atoms with van der Waals surface area (Å²) < 4.78 is 0. The zero-order chi connectivity index (χ0) is 12.2. The molecule has 16 heavy (non-hydrogen) atoms. The first-order chi connectivity index (χ1) is 7.44. The van der Waals surface area contributed by atoms with E-state index in [2.05, 4.69) is 36.3 Å². The van der Waals surface area contributed by atoms with Gasteiger partial charge in [0.25, 0.3) is 0 Å². The highest BCUT2D eigenvalue weighted by Crippen LogP contribution is 2.19. The Kier molecular flexibility index (Phi) is 4.74. The van der Waals surface area contributed by atoms with Crippen molar-refractivity contribution in [3.8, 4) is 0 Å². The smallest absolute Gasteiger partial charge is 0.238 e. The molecule has 1 aliphatic heterocycles. The zero-order valence-corrected chi connectivity index (χ0v) is 11.0. The number of nitrogens with one attached hydrogen (secondary N) is 2. The summed E-state index contributed by atoms with van der Waals surface area (Å²) >= 11 is 0. The highest BCUT2D eigenvalue weighted by atomic mass is 16.2. The molecule has 0 radical (unpaired) electrons. The second-order valence-corrected chi connectivity index (χ2v) is 5.68. The van der Waals surface area contributed by atoms with E-state index in [-0.39, 0.29) is 11.9 Å². The Balaban J connectivity index is 2.50. The fraction of sp³-hybridized carbons (Fsp3) is 0.917. The molecule has 0 bridgehead atoms. The third-order valence-electron chi connectivity index (χ3n) is 3.05. The van der Waals surface area contributed by atoms with Crippen LogP contribution < -0.4 is 10.6 Å². The highest BCUT2D eigenvalue weighted by Gasteiger charge is 2.28. The first kappa shape index (κ1) is 13.5. The van der Waals surface area contributed by atoms with Crippen LogP contribution in [0.3, 0.4) is 0 Å². The molecule has 0 aromatic heterocycles. The Bertz CT molecular complexity index is 235. The van der Waals surface area contributed by atoms with Gasteiger partial charge in [0.15, 0.2) is 0 Å². The minimum absolute atomic E-state index is 0.00102. The summed E-state index contributed by atoms with van der Waals surface area (Å²) in [7, 11) is 1.71. The molecule has 0 saturated carbocycles. The fourth-order valence-corrected chi connectivity index (χ4v) is 1.92. The summed E-state index contributed by atoms with van der Waals surface area (Å²) in [5.41, 5.74) is 0.331. The average Bonchev–Trinajstić information content (AvgIpc) is 2.25. The lowest BCUT2D eigenvalue weighted by Gasteiger charge is -2.36. The minimum atomic E-state index is 0.00102. The number of hydrogen-bond donors (Lipinski definition) is 2. The Morgan fingerprint density at radius 3 is 2.75 bits per heavy atom. The van der Waals surface area contributed by atoms with E-state index >= 15 is 0 Å². The van der Waals surface area contributed by atoms with Crippen molar-refractivity contribution in [3.05, 3.63) is 0 Å². The van der Waals surface area contributed by atoms with Crippen molar-refractivity contribution in [2.24, 2.45) is 5.41 Å². The predicted octanol–water partition coefficient (Wildman–Crippen LogP) is 0.442. The Hall–Kier alpha value is -0.610.